The average Bonchev–Trinajstić information content (AvgIpc) is 2.49. The first-order valence-electron chi connectivity index (χ1n) is 7.13. The molecule has 0 spiro atoms. The SMILES string of the molecule is CCN(CCC(N)c1ccccc1Cl)c1ccccc1F. The zero-order valence-electron chi connectivity index (χ0n) is 12.1. The van der Waals surface area contributed by atoms with Gasteiger partial charge in [0.2, 0.25) is 0 Å². The van der Waals surface area contributed by atoms with Gasteiger partial charge in [-0.2, -0.15) is 0 Å². The summed E-state index contributed by atoms with van der Waals surface area (Å²) in [5, 5.41) is 0.680. The number of benzene rings is 2. The summed E-state index contributed by atoms with van der Waals surface area (Å²) in [5.41, 5.74) is 7.76. The molecule has 0 aliphatic heterocycles. The summed E-state index contributed by atoms with van der Waals surface area (Å²) in [5.74, 6) is -0.203. The Balaban J connectivity index is 2.04. The molecule has 2 aromatic carbocycles. The van der Waals surface area contributed by atoms with Gasteiger partial charge in [0.25, 0.3) is 0 Å². The Labute approximate surface area is 130 Å². The van der Waals surface area contributed by atoms with Crippen LogP contribution in [0.1, 0.15) is 24.9 Å². The maximum absolute atomic E-state index is 13.8. The monoisotopic (exact) mass is 306 g/mol. The second-order valence-corrected chi connectivity index (χ2v) is 5.35. The van der Waals surface area contributed by atoms with Crippen LogP contribution in [0.15, 0.2) is 48.5 Å². The van der Waals surface area contributed by atoms with Gasteiger partial charge in [0.15, 0.2) is 0 Å². The number of hydrogen-bond donors (Lipinski definition) is 1. The lowest BCUT2D eigenvalue weighted by molar-refractivity contribution is 0.598. The van der Waals surface area contributed by atoms with Gasteiger partial charge in [-0.25, -0.2) is 4.39 Å². The van der Waals surface area contributed by atoms with Gasteiger partial charge in [0.05, 0.1) is 5.69 Å². The highest BCUT2D eigenvalue weighted by atomic mass is 35.5. The minimum Gasteiger partial charge on any atom is -0.369 e. The summed E-state index contributed by atoms with van der Waals surface area (Å²) in [6.07, 6.45) is 0.714. The number of hydrogen-bond acceptors (Lipinski definition) is 2. The lowest BCUT2D eigenvalue weighted by Gasteiger charge is -2.25. The van der Waals surface area contributed by atoms with E-state index in [1.165, 1.54) is 6.07 Å². The smallest absolute Gasteiger partial charge is 0.146 e. The number of halogens is 2. The first-order valence-corrected chi connectivity index (χ1v) is 7.50. The van der Waals surface area contributed by atoms with E-state index < -0.39 is 0 Å². The van der Waals surface area contributed by atoms with Gasteiger partial charge >= 0.3 is 0 Å². The molecule has 0 radical (unpaired) electrons. The van der Waals surface area contributed by atoms with Crippen LogP contribution in [-0.4, -0.2) is 13.1 Å². The molecule has 0 heterocycles. The molecule has 4 heteroatoms. The molecule has 2 rings (SSSR count). The van der Waals surface area contributed by atoms with Crippen LogP contribution in [0.2, 0.25) is 5.02 Å². The highest BCUT2D eigenvalue weighted by Crippen LogP contribution is 2.25. The summed E-state index contributed by atoms with van der Waals surface area (Å²) in [6.45, 7) is 3.42. The van der Waals surface area contributed by atoms with E-state index in [4.69, 9.17) is 17.3 Å². The molecule has 1 unspecified atom stereocenters. The van der Waals surface area contributed by atoms with Crippen molar-refractivity contribution in [3.63, 3.8) is 0 Å². The van der Waals surface area contributed by atoms with Crippen LogP contribution >= 0.6 is 11.6 Å². The molecule has 0 bridgehead atoms. The summed E-state index contributed by atoms with van der Waals surface area (Å²) in [7, 11) is 0. The molecule has 2 aromatic rings. The van der Waals surface area contributed by atoms with Gasteiger partial charge < -0.3 is 10.6 Å². The number of para-hydroxylation sites is 1. The Bertz CT molecular complexity index is 589. The maximum Gasteiger partial charge on any atom is 0.146 e. The first kappa shape index (κ1) is 15.8. The van der Waals surface area contributed by atoms with Crippen molar-refractivity contribution in [2.24, 2.45) is 5.73 Å². The average molecular weight is 307 g/mol. The molecular formula is C17H20ClFN2. The van der Waals surface area contributed by atoms with Crippen molar-refractivity contribution in [3.05, 3.63) is 64.9 Å². The molecule has 0 aromatic heterocycles. The predicted octanol–water partition coefficient (Wildman–Crippen LogP) is 4.40. The van der Waals surface area contributed by atoms with Crippen LogP contribution in [-0.2, 0) is 0 Å². The van der Waals surface area contributed by atoms with Crippen molar-refractivity contribution < 1.29 is 4.39 Å². The Morgan fingerprint density at radius 3 is 2.48 bits per heavy atom. The molecule has 2 N–H and O–H groups in total. The Morgan fingerprint density at radius 1 is 1.14 bits per heavy atom. The summed E-state index contributed by atoms with van der Waals surface area (Å²) < 4.78 is 13.8. The zero-order chi connectivity index (χ0) is 15.2. The normalized spacial score (nSPS) is 12.2. The topological polar surface area (TPSA) is 29.3 Å². The van der Waals surface area contributed by atoms with Crippen molar-refractivity contribution in [2.75, 3.05) is 18.0 Å². The van der Waals surface area contributed by atoms with Crippen molar-refractivity contribution in [1.29, 1.82) is 0 Å². The second kappa shape index (κ2) is 7.43. The van der Waals surface area contributed by atoms with Crippen LogP contribution in [0.3, 0.4) is 0 Å². The lowest BCUT2D eigenvalue weighted by Crippen LogP contribution is -2.28. The van der Waals surface area contributed by atoms with E-state index in [9.17, 15) is 4.39 Å². The first-order chi connectivity index (χ1) is 10.1. The van der Waals surface area contributed by atoms with E-state index in [1.807, 2.05) is 42.2 Å². The van der Waals surface area contributed by atoms with Gasteiger partial charge in [-0.15, -0.1) is 0 Å². The predicted molar refractivity (Wildman–Crippen MR) is 87.3 cm³/mol. The number of nitrogens with two attached hydrogens (primary N) is 1. The fraction of sp³-hybridized carbons (Fsp3) is 0.294. The van der Waals surface area contributed by atoms with Gasteiger partial charge in [0, 0.05) is 24.2 Å². The van der Waals surface area contributed by atoms with Crippen LogP contribution in [0, 0.1) is 5.82 Å². The third kappa shape index (κ3) is 3.96. The van der Waals surface area contributed by atoms with Crippen LogP contribution in [0.5, 0.6) is 0 Å². The van der Waals surface area contributed by atoms with Crippen molar-refractivity contribution in [2.45, 2.75) is 19.4 Å². The highest BCUT2D eigenvalue weighted by Gasteiger charge is 2.13. The minimum absolute atomic E-state index is 0.153. The summed E-state index contributed by atoms with van der Waals surface area (Å²) in [6, 6.07) is 14.2. The number of rotatable bonds is 6. The lowest BCUT2D eigenvalue weighted by atomic mass is 10.0. The molecule has 2 nitrogen and oxygen atoms in total. The molecule has 21 heavy (non-hydrogen) atoms. The molecule has 0 fully saturated rings. The van der Waals surface area contributed by atoms with E-state index >= 15 is 0 Å². The van der Waals surface area contributed by atoms with Crippen LogP contribution in [0.4, 0.5) is 10.1 Å². The fourth-order valence-corrected chi connectivity index (χ4v) is 2.66. The van der Waals surface area contributed by atoms with Gasteiger partial charge in [0.1, 0.15) is 5.82 Å². The van der Waals surface area contributed by atoms with Crippen LogP contribution < -0.4 is 10.6 Å². The number of nitrogens with zero attached hydrogens (tertiary/aromatic N) is 1. The van der Waals surface area contributed by atoms with E-state index in [-0.39, 0.29) is 11.9 Å². The zero-order valence-corrected chi connectivity index (χ0v) is 12.9. The Kier molecular flexibility index (Phi) is 5.59. The molecule has 1 atom stereocenters. The minimum atomic E-state index is -0.203. The molecule has 0 aliphatic carbocycles. The Hall–Kier alpha value is -1.58. The largest absolute Gasteiger partial charge is 0.369 e. The van der Waals surface area contributed by atoms with Gasteiger partial charge in [-0.1, -0.05) is 41.9 Å². The van der Waals surface area contributed by atoms with Crippen LogP contribution in [0.25, 0.3) is 0 Å². The molecule has 0 aliphatic rings. The van der Waals surface area contributed by atoms with Crippen molar-refractivity contribution >= 4 is 17.3 Å². The van der Waals surface area contributed by atoms with E-state index in [0.717, 1.165) is 12.1 Å². The molecular weight excluding hydrogens is 287 g/mol. The van der Waals surface area contributed by atoms with E-state index in [0.29, 0.717) is 23.7 Å². The standard InChI is InChI=1S/C17H20ClFN2/c1-2-21(17-10-6-5-9-15(17)19)12-11-16(20)13-7-3-4-8-14(13)18/h3-10,16H,2,11-12,20H2,1H3. The molecule has 0 saturated carbocycles. The molecule has 112 valence electrons. The van der Waals surface area contributed by atoms with Gasteiger partial charge in [-0.3, -0.25) is 0 Å². The quantitative estimate of drug-likeness (QED) is 0.857. The van der Waals surface area contributed by atoms with Crippen molar-refractivity contribution in [3.8, 4) is 0 Å². The van der Waals surface area contributed by atoms with Gasteiger partial charge in [-0.05, 0) is 37.1 Å². The molecule has 0 amide bonds. The third-order valence-corrected chi connectivity index (χ3v) is 3.93. The highest BCUT2D eigenvalue weighted by molar-refractivity contribution is 6.31. The summed E-state index contributed by atoms with van der Waals surface area (Å²) in [4.78, 5) is 1.99. The second-order valence-electron chi connectivity index (χ2n) is 4.95. The van der Waals surface area contributed by atoms with E-state index in [1.54, 1.807) is 12.1 Å². The maximum atomic E-state index is 13.8. The number of anilines is 1. The van der Waals surface area contributed by atoms with Crippen molar-refractivity contribution in [1.82, 2.24) is 0 Å². The molecule has 0 saturated heterocycles. The Morgan fingerprint density at radius 2 is 1.81 bits per heavy atom. The fourth-order valence-electron chi connectivity index (χ4n) is 2.38. The van der Waals surface area contributed by atoms with E-state index in [2.05, 4.69) is 0 Å². The third-order valence-electron chi connectivity index (χ3n) is 3.59. The summed E-state index contributed by atoms with van der Waals surface area (Å²) >= 11 is 6.16.